The van der Waals surface area contributed by atoms with Crippen LogP contribution in [-0.2, 0) is 23.1 Å². The highest BCUT2D eigenvalue weighted by Crippen LogP contribution is 2.21. The van der Waals surface area contributed by atoms with E-state index in [1.165, 1.54) is 11.8 Å². The molecule has 3 aromatic rings. The summed E-state index contributed by atoms with van der Waals surface area (Å²) >= 11 is 7.35. The van der Waals surface area contributed by atoms with Crippen LogP contribution in [0.25, 0.3) is 0 Å². The number of para-hydroxylation sites is 1. The van der Waals surface area contributed by atoms with Gasteiger partial charge >= 0.3 is 0 Å². The third kappa shape index (κ3) is 6.08. The average molecular weight is 444 g/mol. The van der Waals surface area contributed by atoms with E-state index >= 15 is 0 Å². The highest BCUT2D eigenvalue weighted by atomic mass is 35.5. The van der Waals surface area contributed by atoms with Crippen molar-refractivity contribution in [3.05, 3.63) is 64.9 Å². The lowest BCUT2D eigenvalue weighted by molar-refractivity contribution is -0.116. The molecule has 0 aliphatic rings. The molecular formula is C21H22ClN5O2S. The lowest BCUT2D eigenvalue weighted by Gasteiger charge is -2.07. The van der Waals surface area contributed by atoms with Crippen LogP contribution in [0.4, 0.5) is 11.4 Å². The summed E-state index contributed by atoms with van der Waals surface area (Å²) in [4.78, 5) is 24.4. The number of aryl methyl sites for hydroxylation is 2. The van der Waals surface area contributed by atoms with Crippen LogP contribution < -0.4 is 10.6 Å². The monoisotopic (exact) mass is 443 g/mol. The highest BCUT2D eigenvalue weighted by Gasteiger charge is 2.13. The minimum absolute atomic E-state index is 0.116. The molecule has 1 heterocycles. The van der Waals surface area contributed by atoms with Gasteiger partial charge in [-0.15, -0.1) is 10.2 Å². The second-order valence-electron chi connectivity index (χ2n) is 6.69. The number of hydrogen-bond donors (Lipinski definition) is 2. The minimum Gasteiger partial charge on any atom is -0.325 e. The van der Waals surface area contributed by atoms with E-state index in [2.05, 4.69) is 20.8 Å². The van der Waals surface area contributed by atoms with Crippen LogP contribution >= 0.6 is 23.4 Å². The smallest absolute Gasteiger partial charge is 0.234 e. The fourth-order valence-electron chi connectivity index (χ4n) is 2.74. The summed E-state index contributed by atoms with van der Waals surface area (Å²) in [5, 5.41) is 15.0. The molecule has 0 radical (unpaired) electrons. The maximum atomic E-state index is 12.2. The number of carbonyl (C=O) groups is 2. The maximum Gasteiger partial charge on any atom is 0.234 e. The first-order valence-electron chi connectivity index (χ1n) is 9.34. The summed E-state index contributed by atoms with van der Waals surface area (Å²) in [6.07, 6.45) is 0.672. The zero-order valence-electron chi connectivity index (χ0n) is 16.7. The largest absolute Gasteiger partial charge is 0.325 e. The summed E-state index contributed by atoms with van der Waals surface area (Å²) < 4.78 is 1.80. The summed E-state index contributed by atoms with van der Waals surface area (Å²) in [5.41, 5.74) is 2.43. The van der Waals surface area contributed by atoms with Crippen molar-refractivity contribution < 1.29 is 9.59 Å². The molecule has 2 aromatic carbocycles. The van der Waals surface area contributed by atoms with Crippen molar-refractivity contribution in [1.29, 1.82) is 0 Å². The van der Waals surface area contributed by atoms with Crippen LogP contribution in [-0.4, -0.2) is 32.3 Å². The molecule has 2 amide bonds. The van der Waals surface area contributed by atoms with E-state index < -0.39 is 0 Å². The molecule has 7 nitrogen and oxygen atoms in total. The van der Waals surface area contributed by atoms with Crippen LogP contribution in [0.15, 0.2) is 53.7 Å². The van der Waals surface area contributed by atoms with Crippen molar-refractivity contribution in [2.75, 3.05) is 16.4 Å². The number of hydrogen-bond acceptors (Lipinski definition) is 5. The summed E-state index contributed by atoms with van der Waals surface area (Å²) in [6, 6.07) is 14.7. The molecule has 0 fully saturated rings. The Bertz CT molecular complexity index is 1050. The van der Waals surface area contributed by atoms with E-state index in [1.807, 2.05) is 44.3 Å². The van der Waals surface area contributed by atoms with Crippen molar-refractivity contribution in [2.24, 2.45) is 7.05 Å². The molecule has 9 heteroatoms. The Morgan fingerprint density at radius 2 is 1.87 bits per heavy atom. The molecule has 30 heavy (non-hydrogen) atoms. The van der Waals surface area contributed by atoms with E-state index in [1.54, 1.807) is 22.8 Å². The van der Waals surface area contributed by atoms with Crippen molar-refractivity contribution in [1.82, 2.24) is 14.8 Å². The molecule has 0 aliphatic carbocycles. The molecule has 2 N–H and O–H groups in total. The van der Waals surface area contributed by atoms with E-state index in [9.17, 15) is 9.59 Å². The number of halogens is 1. The Balaban J connectivity index is 1.48. The lowest BCUT2D eigenvalue weighted by Crippen LogP contribution is -2.15. The number of anilines is 2. The van der Waals surface area contributed by atoms with Crippen LogP contribution in [0, 0.1) is 6.92 Å². The van der Waals surface area contributed by atoms with E-state index in [0.717, 1.165) is 11.3 Å². The van der Waals surface area contributed by atoms with Crippen LogP contribution in [0.2, 0.25) is 5.02 Å². The number of aromatic nitrogens is 3. The molecule has 156 valence electrons. The van der Waals surface area contributed by atoms with Gasteiger partial charge in [-0.3, -0.25) is 9.59 Å². The van der Waals surface area contributed by atoms with Crippen molar-refractivity contribution in [3.63, 3.8) is 0 Å². The Morgan fingerprint density at radius 3 is 2.63 bits per heavy atom. The third-order valence-electron chi connectivity index (χ3n) is 4.28. The lowest BCUT2D eigenvalue weighted by atomic mass is 10.2. The van der Waals surface area contributed by atoms with Gasteiger partial charge in [0.25, 0.3) is 0 Å². The predicted molar refractivity (Wildman–Crippen MR) is 120 cm³/mol. The molecule has 0 spiro atoms. The Labute approximate surface area is 184 Å². The topological polar surface area (TPSA) is 88.9 Å². The molecule has 0 aliphatic heterocycles. The molecule has 0 saturated heterocycles. The number of nitrogens with zero attached hydrogens (tertiary/aromatic N) is 3. The summed E-state index contributed by atoms with van der Waals surface area (Å²) in [7, 11) is 1.82. The second kappa shape index (κ2) is 10.3. The Hall–Kier alpha value is -2.84. The zero-order valence-corrected chi connectivity index (χ0v) is 18.3. The van der Waals surface area contributed by atoms with Gasteiger partial charge in [0.05, 0.1) is 16.5 Å². The van der Waals surface area contributed by atoms with E-state index in [-0.39, 0.29) is 24.0 Å². The van der Waals surface area contributed by atoms with Gasteiger partial charge in [-0.05, 0) is 36.8 Å². The van der Waals surface area contributed by atoms with E-state index in [4.69, 9.17) is 11.6 Å². The first kappa shape index (κ1) is 21.9. The Morgan fingerprint density at radius 1 is 1.07 bits per heavy atom. The zero-order chi connectivity index (χ0) is 21.5. The van der Waals surface area contributed by atoms with Gasteiger partial charge in [-0.25, -0.2) is 0 Å². The number of nitrogens with one attached hydrogen (secondary N) is 2. The van der Waals surface area contributed by atoms with Crippen LogP contribution in [0.3, 0.4) is 0 Å². The molecular weight excluding hydrogens is 422 g/mol. The molecule has 0 bridgehead atoms. The van der Waals surface area contributed by atoms with Gasteiger partial charge in [0.2, 0.25) is 11.8 Å². The van der Waals surface area contributed by atoms with Crippen molar-refractivity contribution in [3.8, 4) is 0 Å². The maximum absolute atomic E-state index is 12.2. The number of rotatable bonds is 8. The van der Waals surface area contributed by atoms with E-state index in [0.29, 0.717) is 28.1 Å². The Kier molecular flexibility index (Phi) is 7.48. The van der Waals surface area contributed by atoms with Crippen LogP contribution in [0.5, 0.6) is 0 Å². The number of thioether (sulfide) groups is 1. The molecule has 3 rings (SSSR count). The summed E-state index contributed by atoms with van der Waals surface area (Å²) in [6.45, 7) is 1.97. The summed E-state index contributed by atoms with van der Waals surface area (Å²) in [5.74, 6) is 0.616. The highest BCUT2D eigenvalue weighted by molar-refractivity contribution is 7.99. The van der Waals surface area contributed by atoms with Gasteiger partial charge in [0, 0.05) is 25.6 Å². The fourth-order valence-corrected chi connectivity index (χ4v) is 3.65. The number of benzene rings is 2. The SMILES string of the molecule is Cc1cccc(NC(=O)CSc2nnc(CCC(=O)Nc3ccccc3Cl)n2C)c1. The molecule has 0 saturated carbocycles. The second-order valence-corrected chi connectivity index (χ2v) is 8.04. The molecule has 0 atom stereocenters. The normalized spacial score (nSPS) is 10.6. The van der Waals surface area contributed by atoms with Gasteiger partial charge in [-0.1, -0.05) is 47.6 Å². The third-order valence-corrected chi connectivity index (χ3v) is 5.63. The minimum atomic E-state index is -0.155. The predicted octanol–water partition coefficient (Wildman–Crippen LogP) is 4.08. The van der Waals surface area contributed by atoms with Crippen LogP contribution in [0.1, 0.15) is 17.8 Å². The van der Waals surface area contributed by atoms with Gasteiger partial charge in [-0.2, -0.15) is 0 Å². The van der Waals surface area contributed by atoms with Crippen molar-refractivity contribution in [2.45, 2.75) is 24.9 Å². The van der Waals surface area contributed by atoms with Crippen molar-refractivity contribution >= 4 is 46.6 Å². The van der Waals surface area contributed by atoms with Gasteiger partial charge in [0.1, 0.15) is 5.82 Å². The number of carbonyl (C=O) groups excluding carboxylic acids is 2. The molecule has 0 unspecified atom stereocenters. The average Bonchev–Trinajstić information content (AvgIpc) is 3.06. The first-order valence-corrected chi connectivity index (χ1v) is 10.7. The standard InChI is InChI=1S/C21H22ClN5O2S/c1-14-6-5-7-15(12-14)23-20(29)13-30-21-26-25-18(27(21)2)10-11-19(28)24-17-9-4-3-8-16(17)22/h3-9,12H,10-11,13H2,1-2H3,(H,23,29)(H,24,28). The first-order chi connectivity index (χ1) is 14.4. The quantitative estimate of drug-likeness (QED) is 0.512. The van der Waals surface area contributed by atoms with Gasteiger partial charge < -0.3 is 15.2 Å². The fraction of sp³-hybridized carbons (Fsp3) is 0.238. The molecule has 1 aromatic heterocycles. The number of amides is 2. The van der Waals surface area contributed by atoms with Gasteiger partial charge in [0.15, 0.2) is 5.16 Å².